The molecule has 2 heterocycles. The highest BCUT2D eigenvalue weighted by molar-refractivity contribution is 6.11. The molecule has 2 aliphatic rings. The van der Waals surface area contributed by atoms with Crippen LogP contribution in [0.3, 0.4) is 0 Å². The normalized spacial score (nSPS) is 12.7. The Kier molecular flexibility index (Phi) is 7.17. The van der Waals surface area contributed by atoms with Gasteiger partial charge < -0.3 is 0 Å². The Morgan fingerprint density at radius 1 is 0.368 bits per heavy atom. The fraction of sp³-hybridized carbons (Fsp3) is 0.0189. The van der Waals surface area contributed by atoms with Gasteiger partial charge in [0, 0.05) is 23.5 Å². The molecular formula is C53H30N4. The molecular weight excluding hydrogens is 693 g/mol. The van der Waals surface area contributed by atoms with Crippen LogP contribution in [0.2, 0.25) is 0 Å². The zero-order valence-electron chi connectivity index (χ0n) is 30.6. The first-order valence-corrected chi connectivity index (χ1v) is 19.0. The van der Waals surface area contributed by atoms with Crippen molar-refractivity contribution in [2.75, 3.05) is 0 Å². The first-order valence-electron chi connectivity index (χ1n) is 19.0. The minimum absolute atomic E-state index is 0.576. The van der Waals surface area contributed by atoms with Crippen molar-refractivity contribution in [3.05, 3.63) is 216 Å². The summed E-state index contributed by atoms with van der Waals surface area (Å²) >= 11 is 0. The molecule has 0 bridgehead atoms. The lowest BCUT2D eigenvalue weighted by Gasteiger charge is -2.31. The van der Waals surface area contributed by atoms with Gasteiger partial charge >= 0.3 is 0 Å². The van der Waals surface area contributed by atoms with E-state index >= 15 is 0 Å². The lowest BCUT2D eigenvalue weighted by molar-refractivity contribution is 0.795. The summed E-state index contributed by atoms with van der Waals surface area (Å²) in [6, 6.07) is 64.7. The Labute approximate surface area is 330 Å². The van der Waals surface area contributed by atoms with Crippen LogP contribution in [0.1, 0.15) is 33.4 Å². The first kappa shape index (κ1) is 32.5. The predicted molar refractivity (Wildman–Crippen MR) is 227 cm³/mol. The minimum atomic E-state index is -0.576. The summed E-state index contributed by atoms with van der Waals surface area (Å²) in [5.41, 5.74) is 18.6. The number of hydrogen-bond acceptors (Lipinski definition) is 4. The molecule has 2 aliphatic carbocycles. The molecule has 1 spiro atoms. The fourth-order valence-electron chi connectivity index (χ4n) is 9.43. The molecule has 11 rings (SSSR count). The lowest BCUT2D eigenvalue weighted by atomic mass is 9.69. The summed E-state index contributed by atoms with van der Waals surface area (Å²) in [6.07, 6.45) is 3.40. The molecule has 0 radical (unpaired) electrons. The molecule has 2 aromatic heterocycles. The molecule has 0 aliphatic heterocycles. The molecule has 262 valence electrons. The summed E-state index contributed by atoms with van der Waals surface area (Å²) in [5.74, 6) is 0. The van der Waals surface area contributed by atoms with Crippen molar-refractivity contribution in [1.82, 2.24) is 9.97 Å². The van der Waals surface area contributed by atoms with Crippen molar-refractivity contribution in [2.24, 2.45) is 0 Å². The van der Waals surface area contributed by atoms with Gasteiger partial charge in [0.1, 0.15) is 0 Å². The number of pyridine rings is 2. The van der Waals surface area contributed by atoms with Gasteiger partial charge in [-0.15, -0.1) is 0 Å². The Hall–Kier alpha value is -7.92. The standard InChI is InChI=1S/C53H30N4/c54-31-33-21-23-56-50(25-33)38-11-7-9-35(27-38)36-19-20-44-48(29-36)53(46-17-5-3-14-41(46)42-15-4-6-18-47(42)53)49-30-45(40-13-1-2-16-43(40)52(44)49)37-10-8-12-39(28-37)51-26-34(32-55)22-24-57-51/h1-30H. The SMILES string of the molecule is N#Cc1ccnc(-c2cccc(-c3ccc4c(c3)C3(c5ccccc5-c5ccccc53)c3cc(-c5cccc(-c6cc(C#N)ccn6)c5)c5ccccc5c3-4)c2)c1. The molecule has 0 fully saturated rings. The average molecular weight is 723 g/mol. The topological polar surface area (TPSA) is 73.4 Å². The van der Waals surface area contributed by atoms with Crippen LogP contribution in [-0.4, -0.2) is 9.97 Å². The van der Waals surface area contributed by atoms with Crippen molar-refractivity contribution in [1.29, 1.82) is 10.5 Å². The van der Waals surface area contributed by atoms with E-state index in [4.69, 9.17) is 0 Å². The largest absolute Gasteiger partial charge is 0.256 e. The van der Waals surface area contributed by atoms with Crippen LogP contribution in [0.15, 0.2) is 182 Å². The van der Waals surface area contributed by atoms with Gasteiger partial charge in [-0.2, -0.15) is 10.5 Å². The number of rotatable bonds is 4. The van der Waals surface area contributed by atoms with E-state index < -0.39 is 5.41 Å². The Bertz CT molecular complexity index is 3190. The molecule has 0 unspecified atom stereocenters. The number of fused-ring (bicyclic) bond motifs is 12. The van der Waals surface area contributed by atoms with Crippen LogP contribution < -0.4 is 0 Å². The molecule has 0 N–H and O–H groups in total. The van der Waals surface area contributed by atoms with Gasteiger partial charge in [0.05, 0.1) is 40.1 Å². The summed E-state index contributed by atoms with van der Waals surface area (Å²) in [7, 11) is 0. The molecule has 57 heavy (non-hydrogen) atoms. The summed E-state index contributed by atoms with van der Waals surface area (Å²) in [4.78, 5) is 9.25. The predicted octanol–water partition coefficient (Wildman–Crippen LogP) is 12.4. The number of benzene rings is 7. The molecule has 0 atom stereocenters. The second-order valence-electron chi connectivity index (χ2n) is 14.7. The van der Waals surface area contributed by atoms with Crippen LogP contribution in [0, 0.1) is 22.7 Å². The molecule has 0 amide bonds. The van der Waals surface area contributed by atoms with E-state index in [0.717, 1.165) is 44.8 Å². The quantitative estimate of drug-likeness (QED) is 0.181. The third kappa shape index (κ3) is 4.78. The second kappa shape index (κ2) is 12.6. The van der Waals surface area contributed by atoms with Crippen molar-refractivity contribution >= 4 is 10.8 Å². The monoisotopic (exact) mass is 722 g/mol. The van der Waals surface area contributed by atoms with Gasteiger partial charge in [0.25, 0.3) is 0 Å². The fourth-order valence-corrected chi connectivity index (χ4v) is 9.43. The Morgan fingerprint density at radius 3 is 1.56 bits per heavy atom. The van der Waals surface area contributed by atoms with E-state index in [1.165, 1.54) is 55.3 Å². The average Bonchev–Trinajstić information content (AvgIpc) is 3.76. The summed E-state index contributed by atoms with van der Waals surface area (Å²) in [5, 5.41) is 21.6. The maximum absolute atomic E-state index is 9.63. The molecule has 7 aromatic carbocycles. The third-order valence-electron chi connectivity index (χ3n) is 11.8. The minimum Gasteiger partial charge on any atom is -0.256 e. The number of hydrogen-bond donors (Lipinski definition) is 0. The number of nitriles is 2. The summed E-state index contributed by atoms with van der Waals surface area (Å²) < 4.78 is 0. The zero-order chi connectivity index (χ0) is 38.1. The van der Waals surface area contributed by atoms with Crippen molar-refractivity contribution < 1.29 is 0 Å². The van der Waals surface area contributed by atoms with Crippen LogP contribution in [-0.2, 0) is 5.41 Å². The summed E-state index contributed by atoms with van der Waals surface area (Å²) in [6.45, 7) is 0. The molecule has 0 saturated heterocycles. The lowest BCUT2D eigenvalue weighted by Crippen LogP contribution is -2.26. The smallest absolute Gasteiger partial charge is 0.0992 e. The van der Waals surface area contributed by atoms with E-state index in [9.17, 15) is 10.5 Å². The maximum Gasteiger partial charge on any atom is 0.0992 e. The maximum atomic E-state index is 9.63. The first-order chi connectivity index (χ1) is 28.1. The highest BCUT2D eigenvalue weighted by atomic mass is 14.7. The van der Waals surface area contributed by atoms with Gasteiger partial charge in [-0.05, 0) is 126 Å². The van der Waals surface area contributed by atoms with Gasteiger partial charge in [-0.1, -0.05) is 121 Å². The van der Waals surface area contributed by atoms with E-state index in [1.807, 2.05) is 12.1 Å². The van der Waals surface area contributed by atoms with Gasteiger partial charge in [0.2, 0.25) is 0 Å². The van der Waals surface area contributed by atoms with Crippen molar-refractivity contribution in [3.8, 4) is 79.2 Å². The zero-order valence-corrected chi connectivity index (χ0v) is 30.6. The number of aromatic nitrogens is 2. The molecule has 4 nitrogen and oxygen atoms in total. The molecule has 4 heteroatoms. The van der Waals surface area contributed by atoms with Crippen molar-refractivity contribution in [2.45, 2.75) is 5.41 Å². The van der Waals surface area contributed by atoms with E-state index in [2.05, 4.69) is 168 Å². The van der Waals surface area contributed by atoms with Crippen molar-refractivity contribution in [3.63, 3.8) is 0 Å². The van der Waals surface area contributed by atoms with Gasteiger partial charge in [0.15, 0.2) is 0 Å². The van der Waals surface area contributed by atoms with Crippen LogP contribution in [0.25, 0.3) is 77.8 Å². The Morgan fingerprint density at radius 2 is 0.912 bits per heavy atom. The molecule has 9 aromatic rings. The molecule has 0 saturated carbocycles. The van der Waals surface area contributed by atoms with Gasteiger partial charge in [-0.3, -0.25) is 9.97 Å². The Balaban J connectivity index is 1.19. The van der Waals surface area contributed by atoms with Gasteiger partial charge in [-0.25, -0.2) is 0 Å². The van der Waals surface area contributed by atoms with E-state index in [0.29, 0.717) is 11.1 Å². The van der Waals surface area contributed by atoms with Crippen LogP contribution in [0.5, 0.6) is 0 Å². The number of nitrogens with zero attached hydrogens (tertiary/aromatic N) is 4. The van der Waals surface area contributed by atoms with Crippen LogP contribution >= 0.6 is 0 Å². The van der Waals surface area contributed by atoms with Crippen LogP contribution in [0.4, 0.5) is 0 Å². The second-order valence-corrected chi connectivity index (χ2v) is 14.7. The third-order valence-corrected chi connectivity index (χ3v) is 11.8. The van der Waals surface area contributed by atoms with E-state index in [1.54, 1.807) is 24.5 Å². The highest BCUT2D eigenvalue weighted by Crippen LogP contribution is 2.64. The highest BCUT2D eigenvalue weighted by Gasteiger charge is 2.52. The van der Waals surface area contributed by atoms with E-state index in [-0.39, 0.29) is 0 Å².